The molecule has 0 aromatic heterocycles. The minimum atomic E-state index is -0.820. The second-order valence-corrected chi connectivity index (χ2v) is 8.01. The third-order valence-electron chi connectivity index (χ3n) is 4.36. The first kappa shape index (κ1) is 20.2. The lowest BCUT2D eigenvalue weighted by Crippen LogP contribution is -2.56. The van der Waals surface area contributed by atoms with Gasteiger partial charge in [0, 0.05) is 11.8 Å². The van der Waals surface area contributed by atoms with Gasteiger partial charge in [-0.3, -0.25) is 4.79 Å². The zero-order valence-electron chi connectivity index (χ0n) is 15.4. The summed E-state index contributed by atoms with van der Waals surface area (Å²) in [6.07, 6.45) is 2.29. The van der Waals surface area contributed by atoms with E-state index in [1.807, 2.05) is 13.8 Å². The van der Waals surface area contributed by atoms with Crippen LogP contribution >= 0.6 is 11.8 Å². The highest BCUT2D eigenvalue weighted by atomic mass is 32.2. The maximum atomic E-state index is 13.3. The van der Waals surface area contributed by atoms with Crippen LogP contribution in [0, 0.1) is 17.6 Å². The number of nitrogens with one attached hydrogen (secondary N) is 1. The van der Waals surface area contributed by atoms with Gasteiger partial charge in [0.25, 0.3) is 5.91 Å². The van der Waals surface area contributed by atoms with Crippen LogP contribution in [-0.4, -0.2) is 51.4 Å². The number of nitrogens with zero attached hydrogens (tertiary/aromatic N) is 2. The van der Waals surface area contributed by atoms with Gasteiger partial charge in [-0.25, -0.2) is 13.6 Å². The van der Waals surface area contributed by atoms with Crippen molar-refractivity contribution in [2.45, 2.75) is 25.5 Å². The second-order valence-electron chi connectivity index (χ2n) is 6.99. The van der Waals surface area contributed by atoms with Crippen LogP contribution in [0.1, 0.15) is 20.3 Å². The van der Waals surface area contributed by atoms with Crippen molar-refractivity contribution in [1.82, 2.24) is 4.90 Å². The fourth-order valence-corrected chi connectivity index (χ4v) is 3.94. The summed E-state index contributed by atoms with van der Waals surface area (Å²) in [4.78, 5) is 39.1. The molecule has 9 heteroatoms. The summed E-state index contributed by atoms with van der Waals surface area (Å²) < 4.78 is 27.9. The van der Waals surface area contributed by atoms with E-state index >= 15 is 0 Å². The van der Waals surface area contributed by atoms with Gasteiger partial charge in [0.1, 0.15) is 17.3 Å². The molecule has 2 aliphatic heterocycles. The van der Waals surface area contributed by atoms with E-state index in [2.05, 4.69) is 5.32 Å². The summed E-state index contributed by atoms with van der Waals surface area (Å²) in [5.41, 5.74) is 0.402. The standard InChI is InChI=1S/C19H19F2N3O3S/c1-11(2)3-5-23-18(26)17-15(4-6-28-17)24(19(23)27)10-16(25)22-14-8-12(20)7-13(21)9-14/h4,6-9,11,17H,3,5,10H2,1-2H3/p+1. The van der Waals surface area contributed by atoms with Gasteiger partial charge < -0.3 is 5.32 Å². The molecule has 0 radical (unpaired) electrons. The van der Waals surface area contributed by atoms with E-state index in [9.17, 15) is 23.2 Å². The lowest BCUT2D eigenvalue weighted by molar-refractivity contribution is -0.425. The number of hydrogen-bond donors (Lipinski definition) is 1. The molecule has 1 atom stereocenters. The van der Waals surface area contributed by atoms with Gasteiger partial charge in [0.05, 0.1) is 6.54 Å². The SMILES string of the molecule is CC(C)CCN1C(=O)C2SC=CC2=[N+](CC(=O)Nc2cc(F)cc(F)c2)C1=O. The number of allylic oxidation sites excluding steroid dienone is 1. The highest BCUT2D eigenvalue weighted by molar-refractivity contribution is 8.04. The number of amides is 4. The topological polar surface area (TPSA) is 69.5 Å². The first-order chi connectivity index (χ1) is 13.3. The normalized spacial score (nSPS) is 18.9. The zero-order chi connectivity index (χ0) is 20.4. The number of urea groups is 1. The van der Waals surface area contributed by atoms with Crippen LogP contribution in [0.15, 0.2) is 29.7 Å². The average Bonchev–Trinajstić information content (AvgIpc) is 3.07. The zero-order valence-corrected chi connectivity index (χ0v) is 16.3. The molecular formula is C19H20F2N3O3S+. The predicted octanol–water partition coefficient (Wildman–Crippen LogP) is 2.99. The molecule has 0 aliphatic carbocycles. The van der Waals surface area contributed by atoms with Crippen LogP contribution < -0.4 is 5.32 Å². The summed E-state index contributed by atoms with van der Waals surface area (Å²) in [7, 11) is 0. The molecule has 2 aliphatic rings. The minimum absolute atomic E-state index is 0.0439. The molecule has 3 rings (SSSR count). The van der Waals surface area contributed by atoms with Gasteiger partial charge in [0.2, 0.25) is 0 Å². The maximum Gasteiger partial charge on any atom is 0.501 e. The third kappa shape index (κ3) is 4.30. The number of carbonyl (C=O) groups excluding carboxylic acids is 3. The summed E-state index contributed by atoms with van der Waals surface area (Å²) >= 11 is 1.28. The van der Waals surface area contributed by atoms with Crippen LogP contribution in [0.3, 0.4) is 0 Å². The number of rotatable bonds is 6. The Morgan fingerprint density at radius 3 is 2.57 bits per heavy atom. The minimum Gasteiger partial charge on any atom is -0.322 e. The van der Waals surface area contributed by atoms with E-state index in [-0.39, 0.29) is 24.7 Å². The van der Waals surface area contributed by atoms with Gasteiger partial charge in [0.15, 0.2) is 11.8 Å². The van der Waals surface area contributed by atoms with Crippen molar-refractivity contribution in [3.63, 3.8) is 0 Å². The van der Waals surface area contributed by atoms with Crippen LogP contribution in [0.4, 0.5) is 19.3 Å². The van der Waals surface area contributed by atoms with E-state index in [4.69, 9.17) is 0 Å². The van der Waals surface area contributed by atoms with Crippen molar-refractivity contribution in [3.05, 3.63) is 41.3 Å². The molecule has 1 unspecified atom stereocenters. The quantitative estimate of drug-likeness (QED) is 0.735. The first-order valence-corrected chi connectivity index (χ1v) is 9.78. The molecule has 0 spiro atoms. The van der Waals surface area contributed by atoms with Crippen LogP contribution in [0.5, 0.6) is 0 Å². The number of benzene rings is 1. The van der Waals surface area contributed by atoms with Crippen molar-refractivity contribution in [2.24, 2.45) is 5.92 Å². The number of fused-ring (bicyclic) bond motifs is 1. The number of imide groups is 1. The van der Waals surface area contributed by atoms with Crippen molar-refractivity contribution in [1.29, 1.82) is 0 Å². The molecule has 6 nitrogen and oxygen atoms in total. The van der Waals surface area contributed by atoms with Gasteiger partial charge in [-0.2, -0.15) is 14.3 Å². The molecule has 28 heavy (non-hydrogen) atoms. The molecule has 0 fully saturated rings. The van der Waals surface area contributed by atoms with Crippen molar-refractivity contribution in [3.8, 4) is 0 Å². The lowest BCUT2D eigenvalue weighted by atomic mass is 10.1. The summed E-state index contributed by atoms with van der Waals surface area (Å²) in [6, 6.07) is 2.10. The van der Waals surface area contributed by atoms with Gasteiger partial charge in [-0.1, -0.05) is 13.8 Å². The number of halogens is 2. The largest absolute Gasteiger partial charge is 0.501 e. The third-order valence-corrected chi connectivity index (χ3v) is 5.37. The van der Waals surface area contributed by atoms with Gasteiger partial charge >= 0.3 is 11.9 Å². The summed E-state index contributed by atoms with van der Waals surface area (Å²) in [5.74, 6) is -2.24. The van der Waals surface area contributed by atoms with Crippen LogP contribution in [0.2, 0.25) is 0 Å². The fraction of sp³-hybridized carbons (Fsp3) is 0.368. The van der Waals surface area contributed by atoms with Crippen molar-refractivity contribution < 1.29 is 27.7 Å². The molecular weight excluding hydrogens is 388 g/mol. The molecule has 1 aromatic rings. The van der Waals surface area contributed by atoms with E-state index in [1.165, 1.54) is 21.2 Å². The predicted molar refractivity (Wildman–Crippen MR) is 102 cm³/mol. The van der Waals surface area contributed by atoms with E-state index in [0.29, 0.717) is 24.1 Å². The summed E-state index contributed by atoms with van der Waals surface area (Å²) in [5, 5.41) is 3.53. The Labute approximate surface area is 165 Å². The highest BCUT2D eigenvalue weighted by Crippen LogP contribution is 2.28. The Bertz CT molecular complexity index is 878. The van der Waals surface area contributed by atoms with Crippen molar-refractivity contribution in [2.75, 3.05) is 18.4 Å². The number of anilines is 1. The van der Waals surface area contributed by atoms with E-state index in [1.54, 1.807) is 11.5 Å². The van der Waals surface area contributed by atoms with E-state index < -0.39 is 28.8 Å². The Kier molecular flexibility index (Phi) is 5.93. The van der Waals surface area contributed by atoms with E-state index in [0.717, 1.165) is 12.1 Å². The molecule has 0 saturated heterocycles. The van der Waals surface area contributed by atoms with Crippen LogP contribution in [0.25, 0.3) is 0 Å². The molecule has 1 N–H and O–H groups in total. The lowest BCUT2D eigenvalue weighted by Gasteiger charge is -2.24. The summed E-state index contributed by atoms with van der Waals surface area (Å²) in [6.45, 7) is 3.89. The first-order valence-electron chi connectivity index (χ1n) is 8.84. The second kappa shape index (κ2) is 8.22. The molecule has 0 saturated carbocycles. The van der Waals surface area contributed by atoms with Gasteiger partial charge in [-0.05, 0) is 36.0 Å². The van der Waals surface area contributed by atoms with Gasteiger partial charge in [-0.15, -0.1) is 11.8 Å². The maximum absolute atomic E-state index is 13.3. The smallest absolute Gasteiger partial charge is 0.322 e. The molecule has 1 aromatic carbocycles. The highest BCUT2D eigenvalue weighted by Gasteiger charge is 2.49. The Morgan fingerprint density at radius 1 is 1.25 bits per heavy atom. The molecule has 0 bridgehead atoms. The fourth-order valence-electron chi connectivity index (χ4n) is 2.98. The monoisotopic (exact) mass is 408 g/mol. The molecule has 148 valence electrons. The number of carbonyl (C=O) groups is 3. The molecule has 4 amide bonds. The molecule has 2 heterocycles. The van der Waals surface area contributed by atoms with Crippen molar-refractivity contribution >= 4 is 41.0 Å². The Hall–Kier alpha value is -2.55. The Morgan fingerprint density at radius 2 is 1.93 bits per heavy atom. The number of hydrogen-bond acceptors (Lipinski definition) is 4. The van der Waals surface area contributed by atoms with Crippen LogP contribution in [-0.2, 0) is 9.59 Å². The Balaban J connectivity index is 1.80. The average molecular weight is 408 g/mol. The number of thioether (sulfide) groups is 1.